The van der Waals surface area contributed by atoms with Crippen molar-refractivity contribution >= 4 is 10.0 Å². The maximum absolute atomic E-state index is 11.7. The molecule has 0 aromatic carbocycles. The van der Waals surface area contributed by atoms with Gasteiger partial charge in [-0.05, 0) is 43.9 Å². The first-order valence-corrected chi connectivity index (χ1v) is 8.85. The number of aryl methyl sites for hydroxylation is 1. The Balaban J connectivity index is 1.97. The molecule has 0 saturated carbocycles. The summed E-state index contributed by atoms with van der Waals surface area (Å²) in [6.45, 7) is 5.48. The predicted octanol–water partition coefficient (Wildman–Crippen LogP) is 1.46. The number of nitrogens with zero attached hydrogens (tertiary/aromatic N) is 2. The van der Waals surface area contributed by atoms with Crippen molar-refractivity contribution in [1.29, 1.82) is 0 Å². The Morgan fingerprint density at radius 2 is 2.30 bits per heavy atom. The van der Waals surface area contributed by atoms with E-state index in [1.54, 1.807) is 10.5 Å². The molecular weight excluding hydrogens is 274 g/mol. The zero-order valence-corrected chi connectivity index (χ0v) is 13.2. The summed E-state index contributed by atoms with van der Waals surface area (Å²) in [5, 5.41) is 3.45. The van der Waals surface area contributed by atoms with Crippen molar-refractivity contribution in [2.45, 2.75) is 38.8 Å². The molecule has 20 heavy (non-hydrogen) atoms. The number of rotatable bonds is 5. The molecule has 6 heteroatoms. The predicted molar refractivity (Wildman–Crippen MR) is 80.0 cm³/mol. The first-order chi connectivity index (χ1) is 9.39. The van der Waals surface area contributed by atoms with Crippen LogP contribution in [-0.2, 0) is 10.0 Å². The van der Waals surface area contributed by atoms with Gasteiger partial charge in [-0.25, -0.2) is 8.42 Å². The van der Waals surface area contributed by atoms with E-state index in [9.17, 15) is 8.42 Å². The smallest absolute Gasteiger partial charge is 0.211 e. The lowest BCUT2D eigenvalue weighted by Gasteiger charge is -2.25. The third-order valence-electron chi connectivity index (χ3n) is 3.94. The maximum atomic E-state index is 11.7. The second kappa shape index (κ2) is 6.20. The molecule has 5 nitrogen and oxygen atoms in total. The minimum Gasteiger partial charge on any atom is -0.309 e. The van der Waals surface area contributed by atoms with Gasteiger partial charge >= 0.3 is 0 Å². The van der Waals surface area contributed by atoms with Crippen LogP contribution in [0.25, 0.3) is 0 Å². The molecular formula is C14H23N3O2S. The van der Waals surface area contributed by atoms with Crippen molar-refractivity contribution in [3.05, 3.63) is 29.6 Å². The SMILES string of the molecule is Cc1cnccc1C(C)NC[C@H]1CCCN1S(C)(=O)=O. The van der Waals surface area contributed by atoms with E-state index in [0.29, 0.717) is 13.1 Å². The second-order valence-electron chi connectivity index (χ2n) is 5.53. The van der Waals surface area contributed by atoms with Crippen LogP contribution in [0.1, 0.15) is 36.9 Å². The molecule has 1 N–H and O–H groups in total. The van der Waals surface area contributed by atoms with Gasteiger partial charge in [-0.2, -0.15) is 4.31 Å². The van der Waals surface area contributed by atoms with E-state index in [2.05, 4.69) is 17.2 Å². The zero-order valence-electron chi connectivity index (χ0n) is 12.3. The van der Waals surface area contributed by atoms with Crippen molar-refractivity contribution in [3.63, 3.8) is 0 Å². The number of nitrogens with one attached hydrogen (secondary N) is 1. The van der Waals surface area contributed by atoms with Crippen LogP contribution in [0.5, 0.6) is 0 Å². The number of aromatic nitrogens is 1. The van der Waals surface area contributed by atoms with E-state index in [-0.39, 0.29) is 12.1 Å². The summed E-state index contributed by atoms with van der Waals surface area (Å²) in [4.78, 5) is 4.09. The van der Waals surface area contributed by atoms with Gasteiger partial charge in [0.05, 0.1) is 6.26 Å². The van der Waals surface area contributed by atoms with Crippen molar-refractivity contribution < 1.29 is 8.42 Å². The van der Waals surface area contributed by atoms with Gasteiger partial charge in [-0.15, -0.1) is 0 Å². The maximum Gasteiger partial charge on any atom is 0.211 e. The summed E-state index contributed by atoms with van der Waals surface area (Å²) in [6, 6.07) is 2.28. The Bertz CT molecular complexity index is 559. The molecule has 1 aromatic heterocycles. The molecule has 1 saturated heterocycles. The molecule has 2 atom stereocenters. The molecule has 1 aromatic rings. The van der Waals surface area contributed by atoms with Crippen molar-refractivity contribution in [3.8, 4) is 0 Å². The van der Waals surface area contributed by atoms with Crippen LogP contribution in [0.2, 0.25) is 0 Å². The Morgan fingerprint density at radius 1 is 1.55 bits per heavy atom. The fourth-order valence-corrected chi connectivity index (χ4v) is 4.02. The highest BCUT2D eigenvalue weighted by atomic mass is 32.2. The standard InChI is InChI=1S/C14H23N3O2S/c1-11-9-15-7-6-14(11)12(2)16-10-13-5-4-8-17(13)20(3,18)19/h6-7,9,12-13,16H,4-5,8,10H2,1-3H3/t12?,13-/m1/s1. The number of sulfonamides is 1. The summed E-state index contributed by atoms with van der Waals surface area (Å²) in [7, 11) is -3.09. The first-order valence-electron chi connectivity index (χ1n) is 7.00. The molecule has 1 aliphatic rings. The summed E-state index contributed by atoms with van der Waals surface area (Å²) in [5.74, 6) is 0. The lowest BCUT2D eigenvalue weighted by molar-refractivity contribution is 0.363. The molecule has 1 aliphatic heterocycles. The Labute approximate surface area is 121 Å². The van der Waals surface area contributed by atoms with Gasteiger partial charge in [0.1, 0.15) is 0 Å². The van der Waals surface area contributed by atoms with Gasteiger partial charge in [0.2, 0.25) is 10.0 Å². The highest BCUT2D eigenvalue weighted by Gasteiger charge is 2.31. The highest BCUT2D eigenvalue weighted by molar-refractivity contribution is 7.88. The van der Waals surface area contributed by atoms with Crippen molar-refractivity contribution in [2.75, 3.05) is 19.3 Å². The quantitative estimate of drug-likeness (QED) is 0.894. The minimum atomic E-state index is -3.09. The molecule has 112 valence electrons. The van der Waals surface area contributed by atoms with Crippen molar-refractivity contribution in [1.82, 2.24) is 14.6 Å². The first kappa shape index (κ1) is 15.4. The van der Waals surface area contributed by atoms with Crippen LogP contribution < -0.4 is 5.32 Å². The summed E-state index contributed by atoms with van der Waals surface area (Å²) in [6.07, 6.45) is 6.82. The average Bonchev–Trinajstić information content (AvgIpc) is 2.84. The fourth-order valence-electron chi connectivity index (χ4n) is 2.84. The van der Waals surface area contributed by atoms with Crippen molar-refractivity contribution in [2.24, 2.45) is 0 Å². The van der Waals surface area contributed by atoms with E-state index in [1.165, 1.54) is 11.8 Å². The molecule has 0 bridgehead atoms. The lowest BCUT2D eigenvalue weighted by atomic mass is 10.0. The number of hydrogen-bond donors (Lipinski definition) is 1. The number of hydrogen-bond acceptors (Lipinski definition) is 4. The highest BCUT2D eigenvalue weighted by Crippen LogP contribution is 2.21. The third kappa shape index (κ3) is 3.56. The van der Waals surface area contributed by atoms with Crippen LogP contribution in [-0.4, -0.2) is 43.1 Å². The Kier molecular flexibility index (Phi) is 4.78. The fraction of sp³-hybridized carbons (Fsp3) is 0.643. The largest absolute Gasteiger partial charge is 0.309 e. The number of pyridine rings is 1. The molecule has 2 heterocycles. The molecule has 0 amide bonds. The van der Waals surface area contributed by atoms with Crippen LogP contribution in [0, 0.1) is 6.92 Å². The molecule has 1 fully saturated rings. The van der Waals surface area contributed by atoms with Gasteiger partial charge in [0.15, 0.2) is 0 Å². The summed E-state index contributed by atoms with van der Waals surface area (Å²) in [5.41, 5.74) is 2.36. The Morgan fingerprint density at radius 3 is 2.95 bits per heavy atom. The van der Waals surface area contributed by atoms with Gasteiger partial charge in [0.25, 0.3) is 0 Å². The van der Waals surface area contributed by atoms with Crippen LogP contribution >= 0.6 is 0 Å². The van der Waals surface area contributed by atoms with Crippen LogP contribution in [0.4, 0.5) is 0 Å². The summed E-state index contributed by atoms with van der Waals surface area (Å²) < 4.78 is 25.0. The van der Waals surface area contributed by atoms with Gasteiger partial charge in [-0.3, -0.25) is 4.98 Å². The molecule has 2 rings (SSSR count). The topological polar surface area (TPSA) is 62.3 Å². The Hall–Kier alpha value is -0.980. The van der Waals surface area contributed by atoms with E-state index in [1.807, 2.05) is 19.2 Å². The lowest BCUT2D eigenvalue weighted by Crippen LogP contribution is -2.41. The minimum absolute atomic E-state index is 0.0783. The molecule has 0 radical (unpaired) electrons. The van der Waals surface area contributed by atoms with Gasteiger partial charge < -0.3 is 5.32 Å². The van der Waals surface area contributed by atoms with Gasteiger partial charge in [-0.1, -0.05) is 0 Å². The monoisotopic (exact) mass is 297 g/mol. The van der Waals surface area contributed by atoms with Gasteiger partial charge in [0, 0.05) is 37.6 Å². The van der Waals surface area contributed by atoms with E-state index < -0.39 is 10.0 Å². The molecule has 0 aliphatic carbocycles. The third-order valence-corrected chi connectivity index (χ3v) is 5.27. The molecule has 0 spiro atoms. The average molecular weight is 297 g/mol. The van der Waals surface area contributed by atoms with Crippen LogP contribution in [0.3, 0.4) is 0 Å². The van der Waals surface area contributed by atoms with E-state index in [0.717, 1.165) is 18.4 Å². The zero-order chi connectivity index (χ0) is 14.8. The van der Waals surface area contributed by atoms with E-state index in [4.69, 9.17) is 0 Å². The summed E-state index contributed by atoms with van der Waals surface area (Å²) >= 11 is 0. The van der Waals surface area contributed by atoms with Crippen LogP contribution in [0.15, 0.2) is 18.5 Å². The normalized spacial score (nSPS) is 22.1. The second-order valence-corrected chi connectivity index (χ2v) is 7.47. The van der Waals surface area contributed by atoms with E-state index >= 15 is 0 Å². The molecule has 1 unspecified atom stereocenters.